The third-order valence-electron chi connectivity index (χ3n) is 0.957. The predicted octanol–water partition coefficient (Wildman–Crippen LogP) is 2.07. The summed E-state index contributed by atoms with van der Waals surface area (Å²) in [5.74, 6) is 0. The zero-order chi connectivity index (χ0) is 7.98. The largest absolute Gasteiger partial charge is 0.312 e. The van der Waals surface area contributed by atoms with Crippen molar-refractivity contribution in [3.05, 3.63) is 23.8 Å². The van der Waals surface area contributed by atoms with Gasteiger partial charge >= 0.3 is 0 Å². The first kappa shape index (κ1) is 13.7. The van der Waals surface area contributed by atoms with Crippen molar-refractivity contribution >= 4 is 0 Å². The van der Waals surface area contributed by atoms with Crippen molar-refractivity contribution in [3.63, 3.8) is 0 Å². The van der Waals surface area contributed by atoms with Crippen LogP contribution in [0.3, 0.4) is 0 Å². The van der Waals surface area contributed by atoms with Gasteiger partial charge < -0.3 is 4.90 Å². The van der Waals surface area contributed by atoms with Gasteiger partial charge in [-0.15, -0.1) is 0 Å². The summed E-state index contributed by atoms with van der Waals surface area (Å²) in [5, 5.41) is 0. The second-order valence-electron chi connectivity index (χ2n) is 2.99. The smallest absolute Gasteiger partial charge is 0 e. The Hall–Kier alpha value is 0.128. The van der Waals surface area contributed by atoms with Crippen LogP contribution in [0.25, 0.3) is 0 Å². The summed E-state index contributed by atoms with van der Waals surface area (Å²) in [6.07, 6.45) is 7.56. The Balaban J connectivity index is 0. The fraction of sp³-hybridized carbons (Fsp3) is 0.556. The quantitative estimate of drug-likeness (QED) is 0.656. The summed E-state index contributed by atoms with van der Waals surface area (Å²) in [5.41, 5.74) is 1.47. The minimum atomic E-state index is 0. The first-order valence-corrected chi connectivity index (χ1v) is 3.56. The third-order valence-corrected chi connectivity index (χ3v) is 0.957. The van der Waals surface area contributed by atoms with Crippen molar-refractivity contribution < 1.29 is 21.1 Å². The minimum absolute atomic E-state index is 0. The SMILES string of the molecule is CC1=CC=CC1.CN(C)C.[Pt]. The number of rotatable bonds is 0. The molecule has 0 radical (unpaired) electrons. The van der Waals surface area contributed by atoms with Crippen LogP contribution in [-0.2, 0) is 21.1 Å². The number of hydrogen-bond acceptors (Lipinski definition) is 1. The van der Waals surface area contributed by atoms with Crippen LogP contribution in [0.15, 0.2) is 23.8 Å². The topological polar surface area (TPSA) is 3.24 Å². The molecule has 68 valence electrons. The fourth-order valence-corrected chi connectivity index (χ4v) is 0.554. The molecule has 0 aliphatic heterocycles. The molecular weight excluding hydrogens is 317 g/mol. The van der Waals surface area contributed by atoms with Crippen molar-refractivity contribution in [1.29, 1.82) is 0 Å². The van der Waals surface area contributed by atoms with Gasteiger partial charge in [0.25, 0.3) is 0 Å². The molecule has 0 heterocycles. The third kappa shape index (κ3) is 13.2. The first-order valence-electron chi connectivity index (χ1n) is 3.56. The molecule has 0 saturated carbocycles. The summed E-state index contributed by atoms with van der Waals surface area (Å²) in [4.78, 5) is 2.00. The molecule has 1 nitrogen and oxygen atoms in total. The minimum Gasteiger partial charge on any atom is -0.312 e. The molecule has 0 aromatic rings. The van der Waals surface area contributed by atoms with E-state index in [1.54, 1.807) is 0 Å². The molecule has 0 atom stereocenters. The van der Waals surface area contributed by atoms with E-state index in [9.17, 15) is 0 Å². The van der Waals surface area contributed by atoms with Gasteiger partial charge in [0.2, 0.25) is 0 Å². The molecule has 0 spiro atoms. The molecule has 11 heavy (non-hydrogen) atoms. The van der Waals surface area contributed by atoms with Gasteiger partial charge in [0.15, 0.2) is 0 Å². The van der Waals surface area contributed by atoms with Gasteiger partial charge in [0.05, 0.1) is 0 Å². The van der Waals surface area contributed by atoms with E-state index < -0.39 is 0 Å². The molecule has 2 heteroatoms. The first-order chi connectivity index (χ1) is 4.63. The average molecular weight is 334 g/mol. The van der Waals surface area contributed by atoms with Crippen molar-refractivity contribution in [2.75, 3.05) is 21.1 Å². The Morgan fingerprint density at radius 3 is 1.82 bits per heavy atom. The molecule has 0 aromatic carbocycles. The predicted molar refractivity (Wildman–Crippen MR) is 47.1 cm³/mol. The number of allylic oxidation sites excluding steroid dienone is 4. The Kier molecular flexibility index (Phi) is 10.2. The van der Waals surface area contributed by atoms with E-state index in [2.05, 4.69) is 25.2 Å². The zero-order valence-electron chi connectivity index (χ0n) is 7.70. The molecule has 0 bridgehead atoms. The molecule has 0 unspecified atom stereocenters. The Morgan fingerprint density at radius 1 is 1.27 bits per heavy atom. The van der Waals surface area contributed by atoms with E-state index in [0.29, 0.717) is 0 Å². The van der Waals surface area contributed by atoms with Crippen LogP contribution >= 0.6 is 0 Å². The van der Waals surface area contributed by atoms with Gasteiger partial charge in [-0.25, -0.2) is 0 Å². The monoisotopic (exact) mass is 334 g/mol. The maximum Gasteiger partial charge on any atom is 0 e. The standard InChI is InChI=1S/C6H8.C3H9N.Pt/c1-6-4-2-3-5-6;1-4(2)3;/h2-4H,5H2,1H3;1-3H3;. The number of hydrogen-bond donors (Lipinski definition) is 0. The maximum absolute atomic E-state index is 2.16. The second-order valence-corrected chi connectivity index (χ2v) is 2.99. The van der Waals surface area contributed by atoms with Crippen LogP contribution in [0, 0.1) is 0 Å². The van der Waals surface area contributed by atoms with Crippen LogP contribution in [-0.4, -0.2) is 26.0 Å². The van der Waals surface area contributed by atoms with E-state index in [1.165, 1.54) is 12.0 Å². The van der Waals surface area contributed by atoms with Crippen molar-refractivity contribution in [3.8, 4) is 0 Å². The van der Waals surface area contributed by atoms with E-state index >= 15 is 0 Å². The van der Waals surface area contributed by atoms with Gasteiger partial charge in [-0.05, 0) is 34.5 Å². The van der Waals surface area contributed by atoms with Gasteiger partial charge in [-0.2, -0.15) is 0 Å². The van der Waals surface area contributed by atoms with Crippen molar-refractivity contribution in [2.24, 2.45) is 0 Å². The zero-order valence-corrected chi connectivity index (χ0v) is 9.97. The molecule has 1 aliphatic carbocycles. The molecule has 0 N–H and O–H groups in total. The fourth-order valence-electron chi connectivity index (χ4n) is 0.554. The van der Waals surface area contributed by atoms with Gasteiger partial charge in [-0.1, -0.05) is 23.8 Å². The summed E-state index contributed by atoms with van der Waals surface area (Å²) in [6, 6.07) is 0. The Bertz CT molecular complexity index is 134. The van der Waals surface area contributed by atoms with Gasteiger partial charge in [0, 0.05) is 21.1 Å². The van der Waals surface area contributed by atoms with Gasteiger partial charge in [0.1, 0.15) is 0 Å². The molecule has 0 fully saturated rings. The van der Waals surface area contributed by atoms with Crippen LogP contribution in [0.1, 0.15) is 13.3 Å². The van der Waals surface area contributed by atoms with E-state index in [0.717, 1.165) is 0 Å². The van der Waals surface area contributed by atoms with Crippen LogP contribution < -0.4 is 0 Å². The summed E-state index contributed by atoms with van der Waals surface area (Å²) in [6.45, 7) is 2.14. The van der Waals surface area contributed by atoms with Crippen LogP contribution in [0.5, 0.6) is 0 Å². The molecule has 1 rings (SSSR count). The molecular formula is C9H17NPt. The van der Waals surface area contributed by atoms with Gasteiger partial charge in [-0.3, -0.25) is 0 Å². The molecule has 1 aliphatic rings. The normalized spacial score (nSPS) is 13.4. The summed E-state index contributed by atoms with van der Waals surface area (Å²) in [7, 11) is 6.00. The van der Waals surface area contributed by atoms with Crippen LogP contribution in [0.4, 0.5) is 0 Å². The van der Waals surface area contributed by atoms with E-state index in [1.807, 2.05) is 26.0 Å². The summed E-state index contributed by atoms with van der Waals surface area (Å²) >= 11 is 0. The van der Waals surface area contributed by atoms with Crippen molar-refractivity contribution in [1.82, 2.24) is 4.90 Å². The maximum atomic E-state index is 2.16. The van der Waals surface area contributed by atoms with Crippen molar-refractivity contribution in [2.45, 2.75) is 13.3 Å². The Labute approximate surface area is 84.4 Å². The van der Waals surface area contributed by atoms with Crippen LogP contribution in [0.2, 0.25) is 0 Å². The Morgan fingerprint density at radius 2 is 1.73 bits per heavy atom. The second kappa shape index (κ2) is 8.23. The molecule has 0 saturated heterocycles. The molecule has 0 aromatic heterocycles. The molecule has 0 amide bonds. The number of nitrogens with zero attached hydrogens (tertiary/aromatic N) is 1. The average Bonchev–Trinajstić information content (AvgIpc) is 2.15. The van der Waals surface area contributed by atoms with E-state index in [4.69, 9.17) is 0 Å². The summed E-state index contributed by atoms with van der Waals surface area (Å²) < 4.78 is 0. The van der Waals surface area contributed by atoms with E-state index in [-0.39, 0.29) is 21.1 Å².